The van der Waals surface area contributed by atoms with Gasteiger partial charge in [-0.05, 0) is 98.6 Å². The van der Waals surface area contributed by atoms with Gasteiger partial charge in [0.15, 0.2) is 5.60 Å². The Kier molecular flexibility index (Phi) is 6.33. The Bertz CT molecular complexity index is 1230. The molecule has 2 aliphatic heterocycles. The van der Waals surface area contributed by atoms with Crippen molar-refractivity contribution in [2.24, 2.45) is 5.92 Å². The quantitative estimate of drug-likeness (QED) is 0.426. The predicted molar refractivity (Wildman–Crippen MR) is 142 cm³/mol. The molecule has 0 spiro atoms. The molecule has 0 bridgehead atoms. The van der Waals surface area contributed by atoms with Gasteiger partial charge in [0, 0.05) is 23.7 Å². The van der Waals surface area contributed by atoms with Crippen LogP contribution >= 0.6 is 0 Å². The van der Waals surface area contributed by atoms with E-state index in [-0.39, 0.29) is 11.5 Å². The fourth-order valence-corrected chi connectivity index (χ4v) is 5.72. The van der Waals surface area contributed by atoms with E-state index in [4.69, 9.17) is 4.74 Å². The van der Waals surface area contributed by atoms with E-state index >= 15 is 0 Å². The smallest absolute Gasteiger partial charge is 0.157 e. The number of phenolic OH excluding ortho intramolecular Hbond substituents is 2. The third kappa shape index (κ3) is 4.68. The van der Waals surface area contributed by atoms with Gasteiger partial charge >= 0.3 is 0 Å². The summed E-state index contributed by atoms with van der Waals surface area (Å²) in [5.74, 6) is 1.94. The lowest BCUT2D eigenvalue weighted by Crippen LogP contribution is -2.34. The van der Waals surface area contributed by atoms with E-state index in [0.717, 1.165) is 40.2 Å². The van der Waals surface area contributed by atoms with Crippen LogP contribution in [0.25, 0.3) is 11.1 Å². The maximum Gasteiger partial charge on any atom is 0.157 e. The van der Waals surface area contributed by atoms with Gasteiger partial charge in [-0.3, -0.25) is 0 Å². The lowest BCUT2D eigenvalue weighted by atomic mass is 9.77. The van der Waals surface area contributed by atoms with Crippen LogP contribution in [0.3, 0.4) is 0 Å². The zero-order valence-electron chi connectivity index (χ0n) is 20.9. The Hall–Kier alpha value is -3.24. The number of nitrogens with zero attached hydrogens (tertiary/aromatic N) is 1. The van der Waals surface area contributed by atoms with Crippen molar-refractivity contribution >= 4 is 11.1 Å². The molecule has 0 radical (unpaired) electrons. The molecule has 0 aromatic heterocycles. The Balaban J connectivity index is 1.44. The van der Waals surface area contributed by atoms with Crippen molar-refractivity contribution in [3.05, 3.63) is 89.0 Å². The normalized spacial score (nSPS) is 22.2. The summed E-state index contributed by atoms with van der Waals surface area (Å²) in [5.41, 5.74) is 5.79. The molecule has 1 fully saturated rings. The maximum absolute atomic E-state index is 10.1. The molecule has 4 nitrogen and oxygen atoms in total. The minimum atomic E-state index is -0.744. The number of ether oxygens (including phenoxy) is 1. The highest BCUT2D eigenvalue weighted by atomic mass is 16.5. The number of hydrogen-bond donors (Lipinski definition) is 2. The van der Waals surface area contributed by atoms with Gasteiger partial charge in [-0.1, -0.05) is 43.3 Å². The van der Waals surface area contributed by atoms with Crippen LogP contribution in [-0.4, -0.2) is 34.7 Å². The number of rotatable bonds is 6. The van der Waals surface area contributed by atoms with Crippen molar-refractivity contribution < 1.29 is 14.9 Å². The van der Waals surface area contributed by atoms with Crippen LogP contribution in [0, 0.1) is 5.92 Å². The average Bonchev–Trinajstić information content (AvgIpc) is 3.25. The first kappa shape index (κ1) is 23.5. The van der Waals surface area contributed by atoms with Crippen LogP contribution < -0.4 is 4.74 Å². The highest BCUT2D eigenvalue weighted by Gasteiger charge is 2.40. The molecule has 2 heterocycles. The van der Waals surface area contributed by atoms with Crippen molar-refractivity contribution in [1.82, 2.24) is 4.90 Å². The highest BCUT2D eigenvalue weighted by Crippen LogP contribution is 2.50. The third-order valence-corrected chi connectivity index (χ3v) is 7.64. The van der Waals surface area contributed by atoms with Gasteiger partial charge in [0.1, 0.15) is 17.2 Å². The molecule has 5 rings (SSSR count). The summed E-state index contributed by atoms with van der Waals surface area (Å²) in [7, 11) is 0. The molecular formula is C31H35NO3. The molecule has 4 heteroatoms. The molecule has 3 aromatic carbocycles. The van der Waals surface area contributed by atoms with Crippen LogP contribution in [0.2, 0.25) is 0 Å². The number of hydrogen-bond acceptors (Lipinski definition) is 4. The van der Waals surface area contributed by atoms with Gasteiger partial charge in [0.25, 0.3) is 0 Å². The molecule has 1 saturated heterocycles. The minimum absolute atomic E-state index is 0.190. The third-order valence-electron chi connectivity index (χ3n) is 7.64. The van der Waals surface area contributed by atoms with Crippen molar-refractivity contribution in [1.29, 1.82) is 0 Å². The van der Waals surface area contributed by atoms with Crippen LogP contribution in [0.1, 0.15) is 55.9 Å². The summed E-state index contributed by atoms with van der Waals surface area (Å²) in [4.78, 5) is 2.58. The van der Waals surface area contributed by atoms with Crippen LogP contribution in [-0.2, 0) is 12.0 Å². The number of likely N-dealkylation sites (tertiary alicyclic amines) is 1. The fraction of sp³-hybridized carbons (Fsp3) is 0.355. The number of phenols is 2. The number of aromatic hydroxyl groups is 2. The Labute approximate surface area is 208 Å². The van der Waals surface area contributed by atoms with Crippen molar-refractivity contribution in [2.75, 3.05) is 19.6 Å². The molecule has 182 valence electrons. The molecule has 2 N–H and O–H groups in total. The maximum atomic E-state index is 10.1. The Morgan fingerprint density at radius 2 is 1.69 bits per heavy atom. The second-order valence-corrected chi connectivity index (χ2v) is 10.4. The fourth-order valence-electron chi connectivity index (χ4n) is 5.72. The first-order valence-corrected chi connectivity index (χ1v) is 12.7. The molecule has 0 saturated carbocycles. The van der Waals surface area contributed by atoms with Crippen LogP contribution in [0.15, 0.2) is 66.7 Å². The molecule has 3 aromatic rings. The molecule has 0 aliphatic carbocycles. The number of aryl methyl sites for hydroxylation is 1. The summed E-state index contributed by atoms with van der Waals surface area (Å²) in [6, 6.07) is 21.4. The second kappa shape index (κ2) is 9.43. The predicted octanol–water partition coefficient (Wildman–Crippen LogP) is 6.61. The zero-order chi connectivity index (χ0) is 24.6. The first-order valence-electron chi connectivity index (χ1n) is 12.7. The van der Waals surface area contributed by atoms with Crippen LogP contribution in [0.4, 0.5) is 0 Å². The monoisotopic (exact) mass is 469 g/mol. The SMILES string of the molecule is CC1=C(c2ccc(O)cc2)C(C)(c2ccc(CCCN3CCC(C)C3)cc2)Oc2cc(O)ccc21. The Morgan fingerprint density at radius 1 is 0.971 bits per heavy atom. The highest BCUT2D eigenvalue weighted by molar-refractivity contribution is 5.97. The van der Waals surface area contributed by atoms with E-state index in [9.17, 15) is 10.2 Å². The van der Waals surface area contributed by atoms with E-state index in [1.165, 1.54) is 38.0 Å². The van der Waals surface area contributed by atoms with E-state index in [0.29, 0.717) is 5.75 Å². The van der Waals surface area contributed by atoms with Gasteiger partial charge in [0.2, 0.25) is 0 Å². The van der Waals surface area contributed by atoms with E-state index in [2.05, 4.69) is 49.9 Å². The van der Waals surface area contributed by atoms with Crippen LogP contribution in [0.5, 0.6) is 17.2 Å². The second-order valence-electron chi connectivity index (χ2n) is 10.4. The van der Waals surface area contributed by atoms with E-state index in [1.54, 1.807) is 24.3 Å². The van der Waals surface area contributed by atoms with Crippen molar-refractivity contribution in [3.8, 4) is 17.2 Å². The summed E-state index contributed by atoms with van der Waals surface area (Å²) in [6.45, 7) is 10.2. The molecule has 0 amide bonds. The van der Waals surface area contributed by atoms with E-state index in [1.807, 2.05) is 18.2 Å². The first-order chi connectivity index (χ1) is 16.8. The average molecular weight is 470 g/mol. The number of allylic oxidation sites excluding steroid dienone is 1. The van der Waals surface area contributed by atoms with Gasteiger partial charge < -0.3 is 19.8 Å². The lowest BCUT2D eigenvalue weighted by molar-refractivity contribution is 0.148. The molecule has 2 aliphatic rings. The minimum Gasteiger partial charge on any atom is -0.508 e. The molecular weight excluding hydrogens is 434 g/mol. The summed E-state index contributed by atoms with van der Waals surface area (Å²) in [5, 5.41) is 20.0. The van der Waals surface area contributed by atoms with Gasteiger partial charge in [0.05, 0.1) is 0 Å². The van der Waals surface area contributed by atoms with Gasteiger partial charge in [-0.15, -0.1) is 0 Å². The largest absolute Gasteiger partial charge is 0.508 e. The molecule has 2 atom stereocenters. The topological polar surface area (TPSA) is 52.9 Å². The lowest BCUT2D eigenvalue weighted by Gasteiger charge is -2.40. The van der Waals surface area contributed by atoms with Crippen molar-refractivity contribution in [2.45, 2.75) is 45.6 Å². The number of benzene rings is 3. The Morgan fingerprint density at radius 3 is 2.37 bits per heavy atom. The standard InChI is InChI=1S/C31H35NO3/c1-21-16-18-32(20-21)17-4-5-23-6-10-25(11-7-23)31(3)30(24-8-12-26(33)13-9-24)22(2)28-15-14-27(34)19-29(28)35-31/h6-15,19,21,33-34H,4-5,16-18,20H2,1-3H3. The summed E-state index contributed by atoms with van der Waals surface area (Å²) < 4.78 is 6.67. The molecule has 2 unspecified atom stereocenters. The van der Waals surface area contributed by atoms with Gasteiger partial charge in [-0.25, -0.2) is 0 Å². The zero-order valence-corrected chi connectivity index (χ0v) is 20.9. The van der Waals surface area contributed by atoms with Crippen molar-refractivity contribution in [3.63, 3.8) is 0 Å². The molecule has 35 heavy (non-hydrogen) atoms. The van der Waals surface area contributed by atoms with Gasteiger partial charge in [-0.2, -0.15) is 0 Å². The summed E-state index contributed by atoms with van der Waals surface area (Å²) in [6.07, 6.45) is 3.56. The summed E-state index contributed by atoms with van der Waals surface area (Å²) >= 11 is 0. The van der Waals surface area contributed by atoms with E-state index < -0.39 is 5.60 Å². The number of fused-ring (bicyclic) bond motifs is 1.